The average Bonchev–Trinajstić information content (AvgIpc) is 2.83. The number of anilines is 1. The first-order valence-electron chi connectivity index (χ1n) is 10.8. The third kappa shape index (κ3) is 6.15. The van der Waals surface area contributed by atoms with E-state index in [0.717, 1.165) is 11.1 Å². The van der Waals surface area contributed by atoms with Crippen LogP contribution in [0.15, 0.2) is 42.5 Å². The summed E-state index contributed by atoms with van der Waals surface area (Å²) in [5, 5.41) is 14.2. The normalized spacial score (nSPS) is 16.4. The van der Waals surface area contributed by atoms with Crippen molar-refractivity contribution in [3.63, 3.8) is 0 Å². The first-order valence-corrected chi connectivity index (χ1v) is 11.2. The van der Waals surface area contributed by atoms with Gasteiger partial charge >= 0.3 is 5.97 Å². The molecular formula is C24H25ClN4O6. The van der Waals surface area contributed by atoms with E-state index < -0.39 is 48.2 Å². The third-order valence-electron chi connectivity index (χ3n) is 5.70. The Morgan fingerprint density at radius 2 is 1.86 bits per heavy atom. The van der Waals surface area contributed by atoms with Crippen molar-refractivity contribution in [1.29, 1.82) is 0 Å². The van der Waals surface area contributed by atoms with Crippen molar-refractivity contribution >= 4 is 47.3 Å². The molecule has 35 heavy (non-hydrogen) atoms. The van der Waals surface area contributed by atoms with Crippen molar-refractivity contribution in [3.8, 4) is 0 Å². The Kier molecular flexibility index (Phi) is 8.08. The quantitative estimate of drug-likeness (QED) is 0.312. The van der Waals surface area contributed by atoms with E-state index >= 15 is 0 Å². The molecule has 0 radical (unpaired) electrons. The van der Waals surface area contributed by atoms with Crippen molar-refractivity contribution < 1.29 is 29.1 Å². The van der Waals surface area contributed by atoms with E-state index in [-0.39, 0.29) is 23.6 Å². The van der Waals surface area contributed by atoms with Crippen molar-refractivity contribution in [2.24, 2.45) is 0 Å². The van der Waals surface area contributed by atoms with Crippen molar-refractivity contribution in [3.05, 3.63) is 64.2 Å². The monoisotopic (exact) mass is 500 g/mol. The molecule has 0 saturated carbocycles. The molecule has 0 saturated heterocycles. The minimum Gasteiger partial charge on any atom is -0.481 e. The van der Waals surface area contributed by atoms with E-state index in [1.807, 2.05) is 24.3 Å². The minimum absolute atomic E-state index is 0.103. The number of rotatable bonds is 8. The summed E-state index contributed by atoms with van der Waals surface area (Å²) < 4.78 is 0. The number of halogens is 1. The van der Waals surface area contributed by atoms with E-state index in [2.05, 4.69) is 10.6 Å². The molecule has 0 fully saturated rings. The highest BCUT2D eigenvalue weighted by Crippen LogP contribution is 2.25. The summed E-state index contributed by atoms with van der Waals surface area (Å²) in [6.45, 7) is 1.60. The first-order chi connectivity index (χ1) is 16.6. The van der Waals surface area contributed by atoms with Gasteiger partial charge in [0, 0.05) is 18.5 Å². The summed E-state index contributed by atoms with van der Waals surface area (Å²) in [6, 6.07) is 8.40. The van der Waals surface area contributed by atoms with Crippen molar-refractivity contribution in [2.45, 2.75) is 44.4 Å². The molecule has 2 aromatic rings. The van der Waals surface area contributed by atoms with Crippen LogP contribution < -0.4 is 16.4 Å². The van der Waals surface area contributed by atoms with Crippen LogP contribution in [0.4, 0.5) is 5.69 Å². The lowest BCUT2D eigenvalue weighted by Gasteiger charge is -2.37. The van der Waals surface area contributed by atoms with E-state index in [1.165, 1.54) is 30.0 Å². The Balaban J connectivity index is 1.81. The van der Waals surface area contributed by atoms with Gasteiger partial charge in [0.25, 0.3) is 5.91 Å². The number of nitrogen functional groups attached to an aromatic ring is 1. The molecule has 3 unspecified atom stereocenters. The van der Waals surface area contributed by atoms with Crippen molar-refractivity contribution in [1.82, 2.24) is 15.5 Å². The van der Waals surface area contributed by atoms with Gasteiger partial charge in [-0.1, -0.05) is 35.9 Å². The van der Waals surface area contributed by atoms with Crippen LogP contribution in [0.25, 0.3) is 0 Å². The van der Waals surface area contributed by atoms with E-state index in [0.29, 0.717) is 12.0 Å². The number of hydrogen-bond acceptors (Lipinski definition) is 6. The zero-order valence-electron chi connectivity index (χ0n) is 18.9. The number of fused-ring (bicyclic) bond motifs is 1. The van der Waals surface area contributed by atoms with Gasteiger partial charge in [0.15, 0.2) is 0 Å². The highest BCUT2D eigenvalue weighted by Gasteiger charge is 2.37. The number of hydrogen-bond donors (Lipinski definition) is 4. The summed E-state index contributed by atoms with van der Waals surface area (Å²) in [5.41, 5.74) is 7.89. The largest absolute Gasteiger partial charge is 0.481 e. The van der Waals surface area contributed by atoms with Gasteiger partial charge in [-0.15, -0.1) is 0 Å². The smallest absolute Gasteiger partial charge is 0.305 e. The number of nitrogens with one attached hydrogen (secondary N) is 2. The third-order valence-corrected chi connectivity index (χ3v) is 6.03. The van der Waals surface area contributed by atoms with Crippen molar-refractivity contribution in [2.75, 3.05) is 5.73 Å². The van der Waals surface area contributed by atoms with Gasteiger partial charge in [-0.25, -0.2) is 0 Å². The number of aldehydes is 1. The molecule has 1 aliphatic heterocycles. The molecule has 11 heteroatoms. The Bertz CT molecular complexity index is 1170. The van der Waals surface area contributed by atoms with Crippen LogP contribution in [0.1, 0.15) is 34.8 Å². The lowest BCUT2D eigenvalue weighted by molar-refractivity contribution is -0.144. The maximum Gasteiger partial charge on any atom is 0.305 e. The Morgan fingerprint density at radius 3 is 2.49 bits per heavy atom. The number of carboxylic acid groups (broad SMARTS) is 1. The maximum absolute atomic E-state index is 13.4. The van der Waals surface area contributed by atoms with Crippen LogP contribution in [-0.4, -0.2) is 58.1 Å². The molecule has 0 aromatic heterocycles. The average molecular weight is 501 g/mol. The van der Waals surface area contributed by atoms with Gasteiger partial charge in [-0.3, -0.25) is 19.2 Å². The van der Waals surface area contributed by atoms with Crippen LogP contribution in [0, 0.1) is 0 Å². The number of carbonyl (C=O) groups is 5. The molecule has 5 N–H and O–H groups in total. The molecule has 3 atom stereocenters. The van der Waals surface area contributed by atoms with Crippen LogP contribution in [0.5, 0.6) is 0 Å². The number of carboxylic acids is 1. The topological polar surface area (TPSA) is 159 Å². The first kappa shape index (κ1) is 25.7. The number of amides is 3. The summed E-state index contributed by atoms with van der Waals surface area (Å²) in [7, 11) is 0. The number of nitrogens with two attached hydrogens (primary N) is 1. The van der Waals surface area contributed by atoms with Gasteiger partial charge in [0.05, 0.1) is 23.2 Å². The molecule has 10 nitrogen and oxygen atoms in total. The van der Waals surface area contributed by atoms with E-state index in [1.54, 1.807) is 0 Å². The molecule has 184 valence electrons. The lowest BCUT2D eigenvalue weighted by atomic mass is 9.92. The summed E-state index contributed by atoms with van der Waals surface area (Å²) in [6.07, 6.45) is -0.0702. The maximum atomic E-state index is 13.4. The highest BCUT2D eigenvalue weighted by atomic mass is 35.5. The molecule has 0 bridgehead atoms. The molecule has 0 aliphatic carbocycles. The zero-order valence-corrected chi connectivity index (χ0v) is 19.6. The molecule has 1 aliphatic rings. The number of carbonyl (C=O) groups excluding carboxylic acids is 4. The lowest BCUT2D eigenvalue weighted by Crippen LogP contribution is -2.58. The highest BCUT2D eigenvalue weighted by molar-refractivity contribution is 6.33. The summed E-state index contributed by atoms with van der Waals surface area (Å²) >= 11 is 5.98. The Labute approximate surface area is 206 Å². The molecular weight excluding hydrogens is 476 g/mol. The fourth-order valence-corrected chi connectivity index (χ4v) is 4.03. The fraction of sp³-hybridized carbons (Fsp3) is 0.292. The molecule has 1 heterocycles. The van der Waals surface area contributed by atoms with Gasteiger partial charge in [-0.05, 0) is 36.2 Å². The van der Waals surface area contributed by atoms with E-state index in [9.17, 15) is 24.0 Å². The number of nitrogens with zero attached hydrogens (tertiary/aromatic N) is 1. The van der Waals surface area contributed by atoms with Crippen LogP contribution in [0.2, 0.25) is 5.02 Å². The molecule has 3 amide bonds. The summed E-state index contributed by atoms with van der Waals surface area (Å²) in [4.78, 5) is 62.6. The molecule has 0 spiro atoms. The Morgan fingerprint density at radius 1 is 1.17 bits per heavy atom. The fourth-order valence-electron chi connectivity index (χ4n) is 3.85. The number of benzene rings is 2. The predicted octanol–water partition coefficient (Wildman–Crippen LogP) is 1.15. The second-order valence-electron chi connectivity index (χ2n) is 8.24. The van der Waals surface area contributed by atoms with Gasteiger partial charge in [0.2, 0.25) is 11.8 Å². The van der Waals surface area contributed by atoms with Crippen LogP contribution in [0.3, 0.4) is 0 Å². The number of aliphatic carboxylic acids is 1. The van der Waals surface area contributed by atoms with Gasteiger partial charge in [0.1, 0.15) is 18.4 Å². The van der Waals surface area contributed by atoms with Crippen LogP contribution >= 0.6 is 11.6 Å². The van der Waals surface area contributed by atoms with Crippen LogP contribution in [-0.2, 0) is 32.1 Å². The molecule has 3 rings (SSSR count). The predicted molar refractivity (Wildman–Crippen MR) is 128 cm³/mol. The standard InChI is InChI=1S/C24H25ClN4O6/c1-13(27-22(33)15-6-7-19(26)18(25)8-15)24(35)29-11-16-5-3-2-4-14(16)9-20(29)23(34)28-17(12-30)10-21(31)32/h2-8,12-13,17,20H,9-11,26H2,1H3,(H,27,33)(H,28,34)(H,31,32). The minimum atomic E-state index is -1.25. The van der Waals surface area contributed by atoms with E-state index in [4.69, 9.17) is 22.4 Å². The zero-order chi connectivity index (χ0) is 25.7. The van der Waals surface area contributed by atoms with Gasteiger partial charge < -0.3 is 31.2 Å². The van der Waals surface area contributed by atoms with Gasteiger partial charge in [-0.2, -0.15) is 0 Å². The second-order valence-corrected chi connectivity index (χ2v) is 8.64. The SMILES string of the molecule is CC(NC(=O)c1ccc(N)c(Cl)c1)C(=O)N1Cc2ccccc2CC1C(=O)NC(C=O)CC(=O)O. The molecule has 2 aromatic carbocycles. The second kappa shape index (κ2) is 11.0. The summed E-state index contributed by atoms with van der Waals surface area (Å²) in [5.74, 6) is -2.97. The Hall–Kier alpha value is -3.92.